The Bertz CT molecular complexity index is 1120. The normalized spacial score (nSPS) is 18.9. The molecule has 9 heteroatoms. The van der Waals surface area contributed by atoms with Crippen molar-refractivity contribution in [3.63, 3.8) is 0 Å². The van der Waals surface area contributed by atoms with E-state index in [4.69, 9.17) is 26.6 Å². The number of ether oxygens (including phenoxy) is 1. The SMILES string of the molecule is CC(C)Oc1ccc(-c2noc(-c3ccc(CN4CCC(N)(C(=O)O)C4)cc3)n2)cc1Cl. The molecule has 1 aliphatic heterocycles. The van der Waals surface area contributed by atoms with E-state index in [1.807, 2.05) is 49.1 Å². The first-order chi connectivity index (χ1) is 15.2. The highest BCUT2D eigenvalue weighted by Gasteiger charge is 2.41. The van der Waals surface area contributed by atoms with E-state index in [0.29, 0.717) is 48.5 Å². The van der Waals surface area contributed by atoms with Gasteiger partial charge in [0.1, 0.15) is 11.3 Å². The first-order valence-electron chi connectivity index (χ1n) is 10.4. The maximum atomic E-state index is 11.3. The van der Waals surface area contributed by atoms with Crippen molar-refractivity contribution >= 4 is 17.6 Å². The van der Waals surface area contributed by atoms with Gasteiger partial charge in [0.25, 0.3) is 5.89 Å². The van der Waals surface area contributed by atoms with Crippen LogP contribution in [-0.4, -0.2) is 50.8 Å². The number of nitrogens with zero attached hydrogens (tertiary/aromatic N) is 3. The van der Waals surface area contributed by atoms with E-state index in [9.17, 15) is 9.90 Å². The highest BCUT2D eigenvalue weighted by molar-refractivity contribution is 6.32. The third kappa shape index (κ3) is 4.77. The molecule has 4 rings (SSSR count). The fourth-order valence-corrected chi connectivity index (χ4v) is 3.91. The third-order valence-electron chi connectivity index (χ3n) is 5.39. The summed E-state index contributed by atoms with van der Waals surface area (Å²) in [6.45, 7) is 5.49. The van der Waals surface area contributed by atoms with Crippen LogP contribution in [0.1, 0.15) is 25.8 Å². The molecular weight excluding hydrogens is 432 g/mol. The molecule has 2 aromatic carbocycles. The number of carboxylic acid groups (broad SMARTS) is 1. The molecule has 1 unspecified atom stereocenters. The summed E-state index contributed by atoms with van der Waals surface area (Å²) in [5, 5.41) is 13.8. The Kier molecular flexibility index (Phi) is 6.19. The summed E-state index contributed by atoms with van der Waals surface area (Å²) in [6.07, 6.45) is 0.471. The molecule has 1 fully saturated rings. The van der Waals surface area contributed by atoms with Crippen LogP contribution in [0, 0.1) is 0 Å². The third-order valence-corrected chi connectivity index (χ3v) is 5.69. The summed E-state index contributed by atoms with van der Waals surface area (Å²) in [4.78, 5) is 17.8. The van der Waals surface area contributed by atoms with E-state index in [0.717, 1.165) is 16.7 Å². The van der Waals surface area contributed by atoms with Crippen LogP contribution in [0.4, 0.5) is 0 Å². The molecule has 1 aromatic heterocycles. The predicted octanol–water partition coefficient (Wildman–Crippen LogP) is 3.83. The molecule has 0 radical (unpaired) electrons. The highest BCUT2D eigenvalue weighted by Crippen LogP contribution is 2.31. The van der Waals surface area contributed by atoms with Crippen LogP contribution < -0.4 is 10.5 Å². The van der Waals surface area contributed by atoms with Gasteiger partial charge in [0, 0.05) is 30.8 Å². The predicted molar refractivity (Wildman–Crippen MR) is 120 cm³/mol. The molecular formula is C23H25ClN4O4. The van der Waals surface area contributed by atoms with Gasteiger partial charge >= 0.3 is 5.97 Å². The van der Waals surface area contributed by atoms with Gasteiger partial charge in [0.15, 0.2) is 0 Å². The molecule has 32 heavy (non-hydrogen) atoms. The van der Waals surface area contributed by atoms with Gasteiger partial charge in [-0.05, 0) is 56.2 Å². The number of nitrogens with two attached hydrogens (primary N) is 1. The van der Waals surface area contributed by atoms with E-state index < -0.39 is 11.5 Å². The van der Waals surface area contributed by atoms with Crippen molar-refractivity contribution in [1.82, 2.24) is 15.0 Å². The smallest absolute Gasteiger partial charge is 0.325 e. The van der Waals surface area contributed by atoms with Crippen LogP contribution in [0.2, 0.25) is 5.02 Å². The molecule has 3 aromatic rings. The first kappa shape index (κ1) is 22.3. The zero-order valence-corrected chi connectivity index (χ0v) is 18.7. The lowest BCUT2D eigenvalue weighted by atomic mass is 10.0. The molecule has 1 atom stereocenters. The molecule has 8 nitrogen and oxygen atoms in total. The Balaban J connectivity index is 1.44. The number of benzene rings is 2. The summed E-state index contributed by atoms with van der Waals surface area (Å²) in [7, 11) is 0. The highest BCUT2D eigenvalue weighted by atomic mass is 35.5. The van der Waals surface area contributed by atoms with Crippen molar-refractivity contribution in [3.05, 3.63) is 53.1 Å². The fourth-order valence-electron chi connectivity index (χ4n) is 3.68. The number of rotatable bonds is 7. The Hall–Kier alpha value is -2.94. The lowest BCUT2D eigenvalue weighted by molar-refractivity contribution is -0.142. The first-order valence-corrected chi connectivity index (χ1v) is 10.8. The minimum Gasteiger partial charge on any atom is -0.489 e. The lowest BCUT2D eigenvalue weighted by Gasteiger charge is -2.20. The fraction of sp³-hybridized carbons (Fsp3) is 0.348. The van der Waals surface area contributed by atoms with Gasteiger partial charge in [-0.25, -0.2) is 0 Å². The van der Waals surface area contributed by atoms with Crippen molar-refractivity contribution < 1.29 is 19.2 Å². The second kappa shape index (κ2) is 8.90. The minimum absolute atomic E-state index is 0.0265. The minimum atomic E-state index is -1.16. The summed E-state index contributed by atoms with van der Waals surface area (Å²) < 4.78 is 11.1. The Morgan fingerprint density at radius 2 is 2.00 bits per heavy atom. The Morgan fingerprint density at radius 1 is 1.28 bits per heavy atom. The second-order valence-electron chi connectivity index (χ2n) is 8.35. The van der Waals surface area contributed by atoms with Crippen molar-refractivity contribution in [3.8, 4) is 28.6 Å². The molecule has 0 amide bonds. The van der Waals surface area contributed by atoms with Gasteiger partial charge < -0.3 is 20.1 Å². The Labute approximate surface area is 190 Å². The van der Waals surface area contributed by atoms with Crippen molar-refractivity contribution in [2.45, 2.75) is 38.5 Å². The molecule has 0 saturated carbocycles. The summed E-state index contributed by atoms with van der Waals surface area (Å²) >= 11 is 6.31. The summed E-state index contributed by atoms with van der Waals surface area (Å²) in [6, 6.07) is 13.1. The molecule has 0 bridgehead atoms. The maximum absolute atomic E-state index is 11.3. The molecule has 0 aliphatic carbocycles. The molecule has 168 valence electrons. The van der Waals surface area contributed by atoms with Crippen molar-refractivity contribution in [1.29, 1.82) is 0 Å². The largest absolute Gasteiger partial charge is 0.489 e. The average Bonchev–Trinajstić information content (AvgIpc) is 3.38. The van der Waals surface area contributed by atoms with Crippen molar-refractivity contribution in [2.75, 3.05) is 13.1 Å². The van der Waals surface area contributed by atoms with E-state index >= 15 is 0 Å². The standard InChI is InChI=1S/C23H25ClN4O4/c1-14(2)31-19-8-7-17(11-18(19)24)20-26-21(32-27-20)16-5-3-15(4-6-16)12-28-10-9-23(25,13-28)22(29)30/h3-8,11,14H,9-10,12-13,25H2,1-2H3,(H,29,30). The van der Waals surface area contributed by atoms with Gasteiger partial charge in [-0.15, -0.1) is 0 Å². The van der Waals surface area contributed by atoms with Crippen LogP contribution in [0.25, 0.3) is 22.8 Å². The number of likely N-dealkylation sites (tertiary alicyclic amines) is 1. The summed E-state index contributed by atoms with van der Waals surface area (Å²) in [5.74, 6) is 0.495. The van der Waals surface area contributed by atoms with Gasteiger partial charge in [0.05, 0.1) is 11.1 Å². The van der Waals surface area contributed by atoms with Gasteiger partial charge in [-0.3, -0.25) is 9.69 Å². The summed E-state index contributed by atoms with van der Waals surface area (Å²) in [5.41, 5.74) is 7.36. The molecule has 1 saturated heterocycles. The van der Waals surface area contributed by atoms with E-state index in [2.05, 4.69) is 10.1 Å². The molecule has 3 N–H and O–H groups in total. The van der Waals surface area contributed by atoms with Crippen LogP contribution in [0.15, 0.2) is 47.0 Å². The van der Waals surface area contributed by atoms with Crippen LogP contribution in [0.5, 0.6) is 5.75 Å². The van der Waals surface area contributed by atoms with Gasteiger partial charge in [-0.1, -0.05) is 28.9 Å². The van der Waals surface area contributed by atoms with E-state index in [-0.39, 0.29) is 6.10 Å². The number of aliphatic carboxylic acids is 1. The molecule has 1 aliphatic rings. The topological polar surface area (TPSA) is 115 Å². The number of hydrogen-bond acceptors (Lipinski definition) is 7. The average molecular weight is 457 g/mol. The van der Waals surface area contributed by atoms with Gasteiger partial charge in [-0.2, -0.15) is 4.98 Å². The maximum Gasteiger partial charge on any atom is 0.325 e. The Morgan fingerprint density at radius 3 is 2.62 bits per heavy atom. The number of halogens is 1. The van der Waals surface area contributed by atoms with E-state index in [1.54, 1.807) is 12.1 Å². The van der Waals surface area contributed by atoms with E-state index in [1.165, 1.54) is 0 Å². The molecule has 0 spiro atoms. The zero-order chi connectivity index (χ0) is 22.9. The number of hydrogen-bond donors (Lipinski definition) is 2. The number of aromatic nitrogens is 2. The second-order valence-corrected chi connectivity index (χ2v) is 8.76. The van der Waals surface area contributed by atoms with Crippen LogP contribution >= 0.6 is 11.6 Å². The van der Waals surface area contributed by atoms with Gasteiger partial charge in [0.2, 0.25) is 5.82 Å². The lowest BCUT2D eigenvalue weighted by Crippen LogP contribution is -2.50. The van der Waals surface area contributed by atoms with Crippen LogP contribution in [-0.2, 0) is 11.3 Å². The van der Waals surface area contributed by atoms with Crippen LogP contribution in [0.3, 0.4) is 0 Å². The number of carbonyl (C=O) groups is 1. The zero-order valence-electron chi connectivity index (χ0n) is 17.9. The monoisotopic (exact) mass is 456 g/mol. The quantitative estimate of drug-likeness (QED) is 0.551. The molecule has 2 heterocycles. The number of carboxylic acids is 1. The van der Waals surface area contributed by atoms with Crippen molar-refractivity contribution in [2.24, 2.45) is 5.73 Å².